The van der Waals surface area contributed by atoms with Gasteiger partial charge in [0.2, 0.25) is 0 Å². The molecule has 1 saturated heterocycles. The highest BCUT2D eigenvalue weighted by molar-refractivity contribution is 5.94. The average molecular weight is 451 g/mol. The maximum Gasteiger partial charge on any atom is 0.410 e. The minimum atomic E-state index is -0.267. The van der Waals surface area contributed by atoms with Gasteiger partial charge in [0.1, 0.15) is 12.4 Å². The smallest absolute Gasteiger partial charge is 0.410 e. The van der Waals surface area contributed by atoms with Gasteiger partial charge in [-0.3, -0.25) is 4.79 Å². The molecule has 0 radical (unpaired) electrons. The molecule has 0 spiro atoms. The van der Waals surface area contributed by atoms with E-state index >= 15 is 0 Å². The lowest BCUT2D eigenvalue weighted by Gasteiger charge is -2.31. The number of aromatic nitrogens is 1. The standard InChI is InChI=1S/C26H34N4O3/c31-25(22-11-14-27-24(17-22)29-23-9-5-2-6-10-23)28-18-20-12-15-30(16-13-20)26(32)33-19-21-7-3-1-4-8-21/h1,3-4,7-8,11,14,17,20,23H,2,5-6,9-10,12-13,15-16,18-19H2,(H,27,29)(H,28,31). The van der Waals surface area contributed by atoms with Crippen molar-refractivity contribution in [3.8, 4) is 0 Å². The Kier molecular flexibility index (Phi) is 8.17. The number of benzene rings is 1. The van der Waals surface area contributed by atoms with Crippen LogP contribution in [0.15, 0.2) is 48.7 Å². The first-order valence-corrected chi connectivity index (χ1v) is 12.1. The van der Waals surface area contributed by atoms with Gasteiger partial charge in [0.25, 0.3) is 5.91 Å². The highest BCUT2D eigenvalue weighted by Crippen LogP contribution is 2.21. The van der Waals surface area contributed by atoms with Crippen molar-refractivity contribution in [2.45, 2.75) is 57.6 Å². The van der Waals surface area contributed by atoms with Crippen molar-refractivity contribution in [1.82, 2.24) is 15.2 Å². The Morgan fingerprint density at radius 2 is 1.76 bits per heavy atom. The van der Waals surface area contributed by atoms with E-state index in [-0.39, 0.29) is 12.0 Å². The molecule has 7 heteroatoms. The number of nitrogens with zero attached hydrogens (tertiary/aromatic N) is 2. The van der Waals surface area contributed by atoms with Crippen molar-refractivity contribution in [1.29, 1.82) is 0 Å². The van der Waals surface area contributed by atoms with Crippen LogP contribution in [-0.4, -0.2) is 47.6 Å². The third-order valence-corrected chi connectivity index (χ3v) is 6.61. The number of carbonyl (C=O) groups excluding carboxylic acids is 2. The number of ether oxygens (including phenoxy) is 1. The largest absolute Gasteiger partial charge is 0.445 e. The number of pyridine rings is 1. The second kappa shape index (κ2) is 11.7. The van der Waals surface area contributed by atoms with E-state index in [1.54, 1.807) is 17.2 Å². The van der Waals surface area contributed by atoms with Crippen LogP contribution in [0.3, 0.4) is 0 Å². The van der Waals surface area contributed by atoms with Gasteiger partial charge in [-0.1, -0.05) is 49.6 Å². The zero-order valence-electron chi connectivity index (χ0n) is 19.2. The fourth-order valence-electron chi connectivity index (χ4n) is 4.58. The number of piperidine rings is 1. The molecule has 33 heavy (non-hydrogen) atoms. The molecule has 1 saturated carbocycles. The van der Waals surface area contributed by atoms with Crippen molar-refractivity contribution >= 4 is 17.8 Å². The van der Waals surface area contributed by atoms with Gasteiger partial charge in [0.05, 0.1) is 0 Å². The molecule has 4 rings (SSSR count). The van der Waals surface area contributed by atoms with Gasteiger partial charge in [0.15, 0.2) is 0 Å². The zero-order valence-corrected chi connectivity index (χ0v) is 19.2. The third-order valence-electron chi connectivity index (χ3n) is 6.61. The summed E-state index contributed by atoms with van der Waals surface area (Å²) in [5.41, 5.74) is 1.61. The van der Waals surface area contributed by atoms with Crippen LogP contribution in [0, 0.1) is 5.92 Å². The molecule has 0 atom stereocenters. The van der Waals surface area contributed by atoms with Crippen molar-refractivity contribution in [3.05, 3.63) is 59.8 Å². The molecule has 176 valence electrons. The lowest BCUT2D eigenvalue weighted by Crippen LogP contribution is -2.41. The average Bonchev–Trinajstić information content (AvgIpc) is 2.87. The van der Waals surface area contributed by atoms with Gasteiger partial charge < -0.3 is 20.3 Å². The van der Waals surface area contributed by atoms with Gasteiger partial charge in [-0.25, -0.2) is 9.78 Å². The molecule has 1 aromatic carbocycles. The van der Waals surface area contributed by atoms with Crippen molar-refractivity contribution in [2.75, 3.05) is 25.0 Å². The molecule has 0 unspecified atom stereocenters. The number of hydrogen-bond acceptors (Lipinski definition) is 5. The quantitative estimate of drug-likeness (QED) is 0.644. The predicted molar refractivity (Wildman–Crippen MR) is 128 cm³/mol. The van der Waals surface area contributed by atoms with E-state index in [0.29, 0.717) is 43.8 Å². The molecule has 1 aliphatic heterocycles. The van der Waals surface area contributed by atoms with E-state index < -0.39 is 0 Å². The van der Waals surface area contributed by atoms with Crippen LogP contribution < -0.4 is 10.6 Å². The minimum Gasteiger partial charge on any atom is -0.445 e. The summed E-state index contributed by atoms with van der Waals surface area (Å²) in [5, 5.41) is 6.54. The molecule has 2 aliphatic rings. The summed E-state index contributed by atoms with van der Waals surface area (Å²) in [5.74, 6) is 1.06. The number of hydrogen-bond donors (Lipinski definition) is 2. The first-order valence-electron chi connectivity index (χ1n) is 12.1. The van der Waals surface area contributed by atoms with E-state index in [1.807, 2.05) is 36.4 Å². The fourth-order valence-corrected chi connectivity index (χ4v) is 4.58. The molecule has 1 aromatic heterocycles. The summed E-state index contributed by atoms with van der Waals surface area (Å²) in [6.45, 7) is 2.20. The monoisotopic (exact) mass is 450 g/mol. The van der Waals surface area contributed by atoms with E-state index in [4.69, 9.17) is 4.74 Å². The molecule has 2 heterocycles. The van der Waals surface area contributed by atoms with Crippen LogP contribution in [-0.2, 0) is 11.3 Å². The molecular weight excluding hydrogens is 416 g/mol. The van der Waals surface area contributed by atoms with Gasteiger partial charge in [-0.2, -0.15) is 0 Å². The van der Waals surface area contributed by atoms with Crippen LogP contribution in [0.1, 0.15) is 60.9 Å². The first-order chi connectivity index (χ1) is 16.2. The zero-order chi connectivity index (χ0) is 22.9. The van der Waals surface area contributed by atoms with Crippen molar-refractivity contribution < 1.29 is 14.3 Å². The summed E-state index contributed by atoms with van der Waals surface area (Å²) < 4.78 is 5.43. The Hall–Kier alpha value is -3.09. The highest BCUT2D eigenvalue weighted by atomic mass is 16.6. The molecule has 2 aromatic rings. The maximum atomic E-state index is 12.7. The summed E-state index contributed by atoms with van der Waals surface area (Å²) >= 11 is 0. The SMILES string of the molecule is O=C(NCC1CCN(C(=O)OCc2ccccc2)CC1)c1ccnc(NC2CCCCC2)c1. The van der Waals surface area contributed by atoms with Crippen LogP contribution >= 0.6 is 0 Å². The number of amides is 2. The molecular formula is C26H34N4O3. The van der Waals surface area contributed by atoms with Crippen molar-refractivity contribution in [2.24, 2.45) is 5.92 Å². The maximum absolute atomic E-state index is 12.7. The van der Waals surface area contributed by atoms with Gasteiger partial charge in [-0.15, -0.1) is 0 Å². The Labute approximate surface area is 195 Å². The van der Waals surface area contributed by atoms with E-state index in [1.165, 1.54) is 19.3 Å². The second-order valence-electron chi connectivity index (χ2n) is 9.09. The summed E-state index contributed by atoms with van der Waals surface area (Å²) in [6, 6.07) is 13.7. The Bertz CT molecular complexity index is 907. The number of likely N-dealkylation sites (tertiary alicyclic amines) is 1. The Morgan fingerprint density at radius 3 is 2.52 bits per heavy atom. The van der Waals surface area contributed by atoms with Gasteiger partial charge >= 0.3 is 6.09 Å². The number of nitrogens with one attached hydrogen (secondary N) is 2. The number of carbonyl (C=O) groups is 2. The normalized spacial score (nSPS) is 17.4. The summed E-state index contributed by atoms with van der Waals surface area (Å²) in [4.78, 5) is 31.1. The highest BCUT2D eigenvalue weighted by Gasteiger charge is 2.24. The van der Waals surface area contributed by atoms with Crippen LogP contribution in [0.25, 0.3) is 0 Å². The summed E-state index contributed by atoms with van der Waals surface area (Å²) in [7, 11) is 0. The predicted octanol–water partition coefficient (Wildman–Crippen LogP) is 4.60. The third kappa shape index (κ3) is 6.94. The molecule has 0 bridgehead atoms. The molecule has 2 N–H and O–H groups in total. The van der Waals surface area contributed by atoms with E-state index in [0.717, 1.165) is 37.1 Å². The fraction of sp³-hybridized carbons (Fsp3) is 0.500. The molecule has 2 amide bonds. The first kappa shape index (κ1) is 23.1. The lowest BCUT2D eigenvalue weighted by molar-refractivity contribution is 0.0801. The van der Waals surface area contributed by atoms with Gasteiger partial charge in [-0.05, 0) is 49.3 Å². The molecule has 2 fully saturated rings. The summed E-state index contributed by atoms with van der Waals surface area (Å²) in [6.07, 6.45) is 9.27. The van der Waals surface area contributed by atoms with E-state index in [2.05, 4.69) is 15.6 Å². The van der Waals surface area contributed by atoms with Crippen molar-refractivity contribution in [3.63, 3.8) is 0 Å². The number of anilines is 1. The van der Waals surface area contributed by atoms with Crippen LogP contribution in [0.4, 0.5) is 10.6 Å². The van der Waals surface area contributed by atoms with Crippen LogP contribution in [0.5, 0.6) is 0 Å². The molecule has 7 nitrogen and oxygen atoms in total. The second-order valence-corrected chi connectivity index (χ2v) is 9.09. The van der Waals surface area contributed by atoms with Crippen LogP contribution in [0.2, 0.25) is 0 Å². The lowest BCUT2D eigenvalue weighted by atomic mass is 9.95. The Morgan fingerprint density at radius 1 is 1.00 bits per heavy atom. The van der Waals surface area contributed by atoms with E-state index in [9.17, 15) is 9.59 Å². The topological polar surface area (TPSA) is 83.6 Å². The minimum absolute atomic E-state index is 0.0752. The Balaban J connectivity index is 1.17. The number of rotatable bonds is 7. The van der Waals surface area contributed by atoms with Gasteiger partial charge in [0, 0.05) is 37.4 Å². The molecule has 1 aliphatic carbocycles.